The van der Waals surface area contributed by atoms with Gasteiger partial charge in [0.25, 0.3) is 0 Å². The Labute approximate surface area is 129 Å². The molecule has 2 heterocycles. The Morgan fingerprint density at radius 3 is 2.38 bits per heavy atom. The van der Waals surface area contributed by atoms with Crippen LogP contribution in [0.3, 0.4) is 0 Å². The van der Waals surface area contributed by atoms with Gasteiger partial charge in [-0.15, -0.1) is 0 Å². The maximum Gasteiger partial charge on any atom is 0.228 e. The number of nitrogens with zero attached hydrogens (tertiary/aromatic N) is 2. The first-order chi connectivity index (χ1) is 10.1. The summed E-state index contributed by atoms with van der Waals surface area (Å²) in [5, 5.41) is 3.41. The molecule has 0 aromatic carbocycles. The van der Waals surface area contributed by atoms with Crippen LogP contribution in [0.4, 0.5) is 0 Å². The van der Waals surface area contributed by atoms with Crippen molar-refractivity contribution in [1.82, 2.24) is 15.1 Å². The summed E-state index contributed by atoms with van der Waals surface area (Å²) in [6.45, 7) is 10.7. The normalized spacial score (nSPS) is 29.2. The Balaban J connectivity index is 1.58. The Bertz CT molecular complexity index is 370. The van der Waals surface area contributed by atoms with E-state index in [-0.39, 0.29) is 5.41 Å². The molecule has 21 heavy (non-hydrogen) atoms. The van der Waals surface area contributed by atoms with Crippen LogP contribution < -0.4 is 5.32 Å². The molecule has 3 fully saturated rings. The van der Waals surface area contributed by atoms with Crippen molar-refractivity contribution < 1.29 is 4.79 Å². The minimum Gasteiger partial charge on any atom is -0.341 e. The third-order valence-electron chi connectivity index (χ3n) is 6.05. The van der Waals surface area contributed by atoms with E-state index in [4.69, 9.17) is 0 Å². The molecular weight excluding hydrogens is 262 g/mol. The van der Waals surface area contributed by atoms with Crippen molar-refractivity contribution in [3.63, 3.8) is 0 Å². The lowest BCUT2D eigenvalue weighted by Crippen LogP contribution is -2.50. The van der Waals surface area contributed by atoms with E-state index < -0.39 is 0 Å². The number of carbonyl (C=O) groups excluding carboxylic acids is 1. The third-order valence-corrected chi connectivity index (χ3v) is 6.05. The van der Waals surface area contributed by atoms with Crippen molar-refractivity contribution in [2.45, 2.75) is 52.0 Å². The molecule has 2 aliphatic heterocycles. The van der Waals surface area contributed by atoms with Crippen molar-refractivity contribution in [3.8, 4) is 0 Å². The first-order valence-corrected chi connectivity index (χ1v) is 8.83. The van der Waals surface area contributed by atoms with Crippen LogP contribution in [0.25, 0.3) is 0 Å². The predicted octanol–water partition coefficient (Wildman–Crippen LogP) is 1.71. The van der Waals surface area contributed by atoms with Crippen LogP contribution in [0.1, 0.15) is 46.0 Å². The van der Waals surface area contributed by atoms with Gasteiger partial charge in [-0.3, -0.25) is 9.69 Å². The van der Waals surface area contributed by atoms with Gasteiger partial charge in [-0.1, -0.05) is 26.7 Å². The molecule has 3 rings (SSSR count). The van der Waals surface area contributed by atoms with Gasteiger partial charge in [0.05, 0.1) is 0 Å². The lowest BCUT2D eigenvalue weighted by Gasteiger charge is -2.36. The lowest BCUT2D eigenvalue weighted by molar-refractivity contribution is -0.142. The SMILES string of the molecule is CC(C)(C(=O)N1CCC(N2CCNCC2)C1)C1CCCC1. The summed E-state index contributed by atoms with van der Waals surface area (Å²) in [6.07, 6.45) is 6.27. The third kappa shape index (κ3) is 3.11. The van der Waals surface area contributed by atoms with Gasteiger partial charge >= 0.3 is 0 Å². The van der Waals surface area contributed by atoms with Crippen molar-refractivity contribution in [3.05, 3.63) is 0 Å². The van der Waals surface area contributed by atoms with Crippen LogP contribution in [-0.2, 0) is 4.79 Å². The highest BCUT2D eigenvalue weighted by atomic mass is 16.2. The van der Waals surface area contributed by atoms with Gasteiger partial charge in [0.1, 0.15) is 0 Å². The number of likely N-dealkylation sites (tertiary alicyclic amines) is 1. The van der Waals surface area contributed by atoms with Gasteiger partial charge in [0.2, 0.25) is 5.91 Å². The van der Waals surface area contributed by atoms with E-state index in [1.165, 1.54) is 25.7 Å². The van der Waals surface area contributed by atoms with E-state index in [1.54, 1.807) is 0 Å². The summed E-state index contributed by atoms with van der Waals surface area (Å²) in [4.78, 5) is 17.7. The summed E-state index contributed by atoms with van der Waals surface area (Å²) < 4.78 is 0. The van der Waals surface area contributed by atoms with Crippen molar-refractivity contribution >= 4 is 5.91 Å². The smallest absolute Gasteiger partial charge is 0.228 e. The Hall–Kier alpha value is -0.610. The fraction of sp³-hybridized carbons (Fsp3) is 0.941. The number of amides is 1. The molecule has 1 unspecified atom stereocenters. The molecule has 3 aliphatic rings. The van der Waals surface area contributed by atoms with Crippen molar-refractivity contribution in [1.29, 1.82) is 0 Å². The summed E-state index contributed by atoms with van der Waals surface area (Å²) in [7, 11) is 0. The number of rotatable bonds is 3. The summed E-state index contributed by atoms with van der Waals surface area (Å²) in [5.41, 5.74) is -0.158. The first kappa shape index (κ1) is 15.3. The second kappa shape index (κ2) is 6.25. The van der Waals surface area contributed by atoms with Crippen molar-refractivity contribution in [2.24, 2.45) is 11.3 Å². The number of nitrogens with one attached hydrogen (secondary N) is 1. The van der Waals surface area contributed by atoms with Gasteiger partial charge < -0.3 is 10.2 Å². The molecule has 4 nitrogen and oxygen atoms in total. The minimum atomic E-state index is -0.158. The fourth-order valence-electron chi connectivity index (χ4n) is 4.50. The minimum absolute atomic E-state index is 0.158. The Morgan fingerprint density at radius 2 is 1.71 bits per heavy atom. The molecule has 0 radical (unpaired) electrons. The van der Waals surface area contributed by atoms with E-state index >= 15 is 0 Å². The molecule has 1 aliphatic carbocycles. The molecule has 0 aromatic heterocycles. The van der Waals surface area contributed by atoms with E-state index in [0.29, 0.717) is 17.9 Å². The number of hydrogen-bond donors (Lipinski definition) is 1. The van der Waals surface area contributed by atoms with Gasteiger partial charge in [-0.25, -0.2) is 0 Å². The molecule has 1 atom stereocenters. The first-order valence-electron chi connectivity index (χ1n) is 8.83. The van der Waals surface area contributed by atoms with Gasteiger partial charge in [0.15, 0.2) is 0 Å². The highest BCUT2D eigenvalue weighted by Crippen LogP contribution is 2.41. The van der Waals surface area contributed by atoms with Crippen LogP contribution in [0.15, 0.2) is 0 Å². The summed E-state index contributed by atoms with van der Waals surface area (Å²) in [5.74, 6) is 1.01. The van der Waals surface area contributed by atoms with Crippen LogP contribution in [-0.4, -0.2) is 61.0 Å². The summed E-state index contributed by atoms with van der Waals surface area (Å²) in [6, 6.07) is 0.593. The van der Waals surface area contributed by atoms with Crippen LogP contribution >= 0.6 is 0 Å². The van der Waals surface area contributed by atoms with Gasteiger partial charge in [0, 0.05) is 50.7 Å². The monoisotopic (exact) mass is 293 g/mol. The standard InChI is InChI=1S/C17H31N3O/c1-17(2,14-5-3-4-6-14)16(21)20-10-7-15(13-20)19-11-8-18-9-12-19/h14-15,18H,3-13H2,1-2H3. The molecule has 120 valence electrons. The second-order valence-electron chi connectivity index (χ2n) is 7.68. The number of piperazine rings is 1. The molecule has 0 bridgehead atoms. The zero-order valence-electron chi connectivity index (χ0n) is 13.7. The van der Waals surface area contributed by atoms with Crippen LogP contribution in [0, 0.1) is 11.3 Å². The lowest BCUT2D eigenvalue weighted by atomic mass is 9.76. The molecule has 0 spiro atoms. The van der Waals surface area contributed by atoms with Gasteiger partial charge in [-0.2, -0.15) is 0 Å². The van der Waals surface area contributed by atoms with E-state index in [1.807, 2.05) is 0 Å². The number of hydrogen-bond acceptors (Lipinski definition) is 3. The van der Waals surface area contributed by atoms with E-state index in [0.717, 1.165) is 45.7 Å². The largest absolute Gasteiger partial charge is 0.341 e. The maximum absolute atomic E-state index is 13.0. The Kier molecular flexibility index (Phi) is 4.55. The van der Waals surface area contributed by atoms with Gasteiger partial charge in [-0.05, 0) is 25.2 Å². The van der Waals surface area contributed by atoms with Crippen molar-refractivity contribution in [2.75, 3.05) is 39.3 Å². The topological polar surface area (TPSA) is 35.6 Å². The summed E-state index contributed by atoms with van der Waals surface area (Å²) >= 11 is 0. The second-order valence-corrected chi connectivity index (χ2v) is 7.68. The average molecular weight is 293 g/mol. The number of carbonyl (C=O) groups is 1. The fourth-order valence-corrected chi connectivity index (χ4v) is 4.50. The van der Waals surface area contributed by atoms with Crippen LogP contribution in [0.5, 0.6) is 0 Å². The van der Waals surface area contributed by atoms with E-state index in [2.05, 4.69) is 29.0 Å². The zero-order valence-corrected chi connectivity index (χ0v) is 13.7. The molecule has 1 amide bonds. The average Bonchev–Trinajstić information content (AvgIpc) is 3.19. The Morgan fingerprint density at radius 1 is 1.05 bits per heavy atom. The molecule has 2 saturated heterocycles. The molecular formula is C17H31N3O. The van der Waals surface area contributed by atoms with Crippen LogP contribution in [0.2, 0.25) is 0 Å². The molecule has 4 heteroatoms. The highest BCUT2D eigenvalue weighted by Gasteiger charge is 2.42. The molecule has 0 aromatic rings. The molecule has 1 N–H and O–H groups in total. The molecule has 1 saturated carbocycles. The zero-order chi connectivity index (χ0) is 14.9. The quantitative estimate of drug-likeness (QED) is 0.860. The maximum atomic E-state index is 13.0. The van der Waals surface area contributed by atoms with E-state index in [9.17, 15) is 4.79 Å². The predicted molar refractivity (Wildman–Crippen MR) is 85.2 cm³/mol. The highest BCUT2D eigenvalue weighted by molar-refractivity contribution is 5.82.